The molecule has 0 aliphatic carbocycles. The molecule has 0 radical (unpaired) electrons. The number of hydrogen-bond acceptors (Lipinski definition) is 3. The molecule has 0 atom stereocenters. The Kier molecular flexibility index (Phi) is 10.4. The van der Waals surface area contributed by atoms with Crippen LogP contribution in [0.3, 0.4) is 0 Å². The Balaban J connectivity index is 0. The average Bonchev–Trinajstić information content (AvgIpc) is 2.18. The molecule has 0 amide bonds. The van der Waals surface area contributed by atoms with Gasteiger partial charge in [0.2, 0.25) is 0 Å². The summed E-state index contributed by atoms with van der Waals surface area (Å²) >= 11 is 0. The predicted octanol–water partition coefficient (Wildman–Crippen LogP) is 2.36. The van der Waals surface area contributed by atoms with Crippen molar-refractivity contribution in [1.29, 1.82) is 5.41 Å². The molecule has 0 aliphatic heterocycles. The van der Waals surface area contributed by atoms with E-state index in [2.05, 4.69) is 9.98 Å². The summed E-state index contributed by atoms with van der Waals surface area (Å²) < 4.78 is 0. The Morgan fingerprint density at radius 1 is 1.29 bits per heavy atom. The van der Waals surface area contributed by atoms with Gasteiger partial charge in [-0.1, -0.05) is 13.8 Å². The third kappa shape index (κ3) is 7.21. The molecule has 0 heterocycles. The maximum atomic E-state index is 6.99. The fraction of sp³-hybridized carbons (Fsp3) is 0.500. The van der Waals surface area contributed by atoms with Gasteiger partial charge in [-0.15, -0.1) is 0 Å². The molecule has 3 N–H and O–H groups in total. The van der Waals surface area contributed by atoms with Gasteiger partial charge in [-0.05, 0) is 20.8 Å². The van der Waals surface area contributed by atoms with Crippen LogP contribution >= 0.6 is 0 Å². The van der Waals surface area contributed by atoms with Crippen LogP contribution in [0, 0.1) is 5.41 Å². The van der Waals surface area contributed by atoms with Crippen LogP contribution in [-0.2, 0) is 0 Å². The first kappa shape index (κ1) is 15.0. The molecular formula is C10H20N4. The smallest absolute Gasteiger partial charge is 0.157 e. The first-order chi connectivity index (χ1) is 6.61. The van der Waals surface area contributed by atoms with E-state index in [-0.39, 0.29) is 0 Å². The molecule has 0 aliphatic rings. The van der Waals surface area contributed by atoms with Gasteiger partial charge >= 0.3 is 0 Å². The first-order valence-electron chi connectivity index (χ1n) is 4.62. The van der Waals surface area contributed by atoms with E-state index < -0.39 is 0 Å². The zero-order chi connectivity index (χ0) is 11.6. The van der Waals surface area contributed by atoms with Gasteiger partial charge in [-0.2, -0.15) is 0 Å². The number of rotatable bonds is 3. The van der Waals surface area contributed by atoms with Crippen LogP contribution in [-0.4, -0.2) is 18.3 Å². The first-order valence-corrected chi connectivity index (χ1v) is 4.62. The summed E-state index contributed by atoms with van der Waals surface area (Å²) in [5.74, 6) is 0.935. The Hall–Kier alpha value is -1.45. The molecule has 14 heavy (non-hydrogen) atoms. The summed E-state index contributed by atoms with van der Waals surface area (Å²) in [6.45, 7) is 9.24. The summed E-state index contributed by atoms with van der Waals surface area (Å²) in [6.07, 6.45) is 2.82. The molecule has 0 bridgehead atoms. The summed E-state index contributed by atoms with van der Waals surface area (Å²) in [6, 6.07) is 0. The van der Waals surface area contributed by atoms with Gasteiger partial charge in [0.1, 0.15) is 0 Å². The Labute approximate surface area is 86.2 Å². The second-order valence-electron chi connectivity index (χ2n) is 2.29. The Morgan fingerprint density at radius 2 is 1.79 bits per heavy atom. The molecule has 80 valence electrons. The monoisotopic (exact) mass is 196 g/mol. The number of nitrogens with two attached hydrogens (primary N) is 1. The zero-order valence-electron chi connectivity index (χ0n) is 9.63. The van der Waals surface area contributed by atoms with Crippen LogP contribution in [0.4, 0.5) is 0 Å². The summed E-state index contributed by atoms with van der Waals surface area (Å²) in [4.78, 5) is 7.93. The zero-order valence-corrected chi connectivity index (χ0v) is 9.63. The van der Waals surface area contributed by atoms with Gasteiger partial charge < -0.3 is 11.1 Å². The summed E-state index contributed by atoms with van der Waals surface area (Å²) in [5, 5.41) is 6.99. The molecule has 0 aromatic carbocycles. The number of allylic oxidation sites excluding steroid dienone is 1. The van der Waals surface area contributed by atoms with Gasteiger partial charge in [0.25, 0.3) is 0 Å². The lowest BCUT2D eigenvalue weighted by atomic mass is 10.3. The minimum Gasteiger partial charge on any atom is -0.387 e. The van der Waals surface area contributed by atoms with Crippen molar-refractivity contribution >= 4 is 18.3 Å². The van der Waals surface area contributed by atoms with E-state index in [0.717, 1.165) is 0 Å². The van der Waals surface area contributed by atoms with E-state index in [1.807, 2.05) is 13.8 Å². The summed E-state index contributed by atoms with van der Waals surface area (Å²) in [7, 11) is 0. The molecule has 0 saturated heterocycles. The quantitative estimate of drug-likeness (QED) is 0.527. The minimum atomic E-state index is 0.441. The predicted molar refractivity (Wildman–Crippen MR) is 64.3 cm³/mol. The third-order valence-corrected chi connectivity index (χ3v) is 1.10. The Morgan fingerprint density at radius 3 is 2.07 bits per heavy atom. The second kappa shape index (κ2) is 9.64. The van der Waals surface area contributed by atoms with Crippen LogP contribution in [0.25, 0.3) is 0 Å². The van der Waals surface area contributed by atoms with E-state index >= 15 is 0 Å². The molecule has 0 aromatic rings. The highest BCUT2D eigenvalue weighted by molar-refractivity contribution is 5.81. The fourth-order valence-corrected chi connectivity index (χ4v) is 0.573. The van der Waals surface area contributed by atoms with Crippen LogP contribution < -0.4 is 5.73 Å². The van der Waals surface area contributed by atoms with Crippen LogP contribution in [0.5, 0.6) is 0 Å². The molecule has 0 spiro atoms. The normalized spacial score (nSPS) is 13.1. The van der Waals surface area contributed by atoms with E-state index in [1.165, 1.54) is 6.21 Å². The molecular weight excluding hydrogens is 176 g/mol. The molecule has 4 nitrogen and oxygen atoms in total. The van der Waals surface area contributed by atoms with Crippen LogP contribution in [0.1, 0.15) is 34.6 Å². The van der Waals surface area contributed by atoms with Crippen molar-refractivity contribution < 1.29 is 0 Å². The van der Waals surface area contributed by atoms with Gasteiger partial charge in [0.05, 0.1) is 5.84 Å². The largest absolute Gasteiger partial charge is 0.387 e. The number of amidine groups is 1. The molecule has 0 aromatic heterocycles. The lowest BCUT2D eigenvalue weighted by molar-refractivity contribution is 1.19. The average molecular weight is 196 g/mol. The van der Waals surface area contributed by atoms with E-state index in [0.29, 0.717) is 17.2 Å². The molecule has 0 unspecified atom stereocenters. The van der Waals surface area contributed by atoms with Crippen molar-refractivity contribution in [3.05, 3.63) is 11.4 Å². The van der Waals surface area contributed by atoms with Crippen LogP contribution in [0.15, 0.2) is 21.4 Å². The Bertz CT molecular complexity index is 245. The van der Waals surface area contributed by atoms with Gasteiger partial charge in [-0.3, -0.25) is 0 Å². The number of hydrogen-bond donors (Lipinski definition) is 2. The topological polar surface area (TPSA) is 74.6 Å². The van der Waals surface area contributed by atoms with E-state index in [1.54, 1.807) is 27.0 Å². The fourth-order valence-electron chi connectivity index (χ4n) is 0.573. The van der Waals surface area contributed by atoms with Crippen molar-refractivity contribution in [2.75, 3.05) is 0 Å². The maximum Gasteiger partial charge on any atom is 0.157 e. The molecule has 0 fully saturated rings. The number of nitrogens with zero attached hydrogens (tertiary/aromatic N) is 2. The third-order valence-electron chi connectivity index (χ3n) is 1.10. The van der Waals surface area contributed by atoms with Crippen molar-refractivity contribution in [1.82, 2.24) is 0 Å². The van der Waals surface area contributed by atoms with Gasteiger partial charge in [0.15, 0.2) is 5.82 Å². The van der Waals surface area contributed by atoms with Crippen molar-refractivity contribution in [3.63, 3.8) is 0 Å². The van der Waals surface area contributed by atoms with E-state index in [9.17, 15) is 0 Å². The van der Waals surface area contributed by atoms with Crippen molar-refractivity contribution in [3.8, 4) is 0 Å². The minimum absolute atomic E-state index is 0.441. The lowest BCUT2D eigenvalue weighted by Crippen LogP contribution is -2.05. The highest BCUT2D eigenvalue weighted by Gasteiger charge is 1.94. The van der Waals surface area contributed by atoms with Gasteiger partial charge in [0, 0.05) is 18.0 Å². The second-order valence-corrected chi connectivity index (χ2v) is 2.29. The van der Waals surface area contributed by atoms with E-state index in [4.69, 9.17) is 11.1 Å². The number of nitrogens with one attached hydrogen (secondary N) is 1. The molecule has 0 saturated carbocycles. The maximum absolute atomic E-state index is 6.99. The van der Waals surface area contributed by atoms with Crippen molar-refractivity contribution in [2.24, 2.45) is 15.7 Å². The van der Waals surface area contributed by atoms with Gasteiger partial charge in [-0.25, -0.2) is 9.98 Å². The lowest BCUT2D eigenvalue weighted by Gasteiger charge is -1.97. The van der Waals surface area contributed by atoms with Crippen molar-refractivity contribution in [2.45, 2.75) is 34.6 Å². The molecule has 4 heteroatoms. The number of aliphatic imine (C=N–C) groups is 2. The standard InChI is InChI=1S/C8H14N4.C2H6/c1-4-11-8(6(2)5-9)12-7(3)10;1-2/h4-5,9H,1-3H3,(H2,10,12);1-2H3/b8-6+,9-5?,11-4-;. The SMILES string of the molecule is CC.C\C=N/C(/N=C(/C)N)=C(/C)C=N. The highest BCUT2D eigenvalue weighted by Crippen LogP contribution is 2.04. The molecule has 0 rings (SSSR count). The highest BCUT2D eigenvalue weighted by atomic mass is 15.0. The van der Waals surface area contributed by atoms with Crippen LogP contribution in [0.2, 0.25) is 0 Å². The summed E-state index contributed by atoms with van der Waals surface area (Å²) in [5.41, 5.74) is 6.08.